The van der Waals surface area contributed by atoms with Crippen LogP contribution in [0.25, 0.3) is 11.5 Å². The van der Waals surface area contributed by atoms with Gasteiger partial charge in [0.1, 0.15) is 0 Å². The molecule has 0 radical (unpaired) electrons. The Morgan fingerprint density at radius 3 is 2.58 bits per heavy atom. The van der Waals surface area contributed by atoms with Gasteiger partial charge in [-0.1, -0.05) is 26.2 Å². The number of benzene rings is 1. The highest BCUT2D eigenvalue weighted by Crippen LogP contribution is 2.19. The molecule has 0 aliphatic heterocycles. The van der Waals surface area contributed by atoms with E-state index < -0.39 is 12.0 Å². The third-order valence-corrected chi connectivity index (χ3v) is 3.91. The molecule has 8 heteroatoms. The molecule has 140 valence electrons. The molecule has 1 atom stereocenters. The lowest BCUT2D eigenvalue weighted by atomic mass is 10.1. The van der Waals surface area contributed by atoms with E-state index in [0.29, 0.717) is 12.1 Å². The number of nitrogens with one attached hydrogen (secondary N) is 1. The average Bonchev–Trinajstić information content (AvgIpc) is 3.09. The van der Waals surface area contributed by atoms with Gasteiger partial charge in [0.2, 0.25) is 17.7 Å². The van der Waals surface area contributed by atoms with Crippen LogP contribution in [0.15, 0.2) is 28.7 Å². The van der Waals surface area contributed by atoms with Crippen molar-refractivity contribution >= 4 is 11.9 Å². The second kappa shape index (κ2) is 9.67. The number of carbonyl (C=O) groups is 2. The van der Waals surface area contributed by atoms with E-state index in [2.05, 4.69) is 22.4 Å². The van der Waals surface area contributed by atoms with Gasteiger partial charge in [-0.25, -0.2) is 4.79 Å². The maximum Gasteiger partial charge on any atom is 0.335 e. The molecular formula is C18H24N4O4. The Balaban J connectivity index is 1.86. The Hall–Kier alpha value is -2.74. The quantitative estimate of drug-likeness (QED) is 0.552. The molecule has 0 aliphatic rings. The number of carboxylic acid groups (broad SMARTS) is 1. The molecule has 0 saturated heterocycles. The molecule has 4 N–H and O–H groups in total. The van der Waals surface area contributed by atoms with Crippen molar-refractivity contribution in [2.24, 2.45) is 5.73 Å². The van der Waals surface area contributed by atoms with E-state index in [-0.39, 0.29) is 29.7 Å². The number of carboxylic acids is 1. The predicted molar refractivity (Wildman–Crippen MR) is 95.5 cm³/mol. The molecule has 1 amide bonds. The summed E-state index contributed by atoms with van der Waals surface area (Å²) in [6, 6.07) is 5.33. The van der Waals surface area contributed by atoms with Crippen molar-refractivity contribution < 1.29 is 19.1 Å². The topological polar surface area (TPSA) is 131 Å². The van der Waals surface area contributed by atoms with E-state index in [1.54, 1.807) is 12.1 Å². The molecule has 0 spiro atoms. The fourth-order valence-corrected chi connectivity index (χ4v) is 2.38. The third-order valence-electron chi connectivity index (χ3n) is 3.91. The van der Waals surface area contributed by atoms with Crippen LogP contribution in [0.3, 0.4) is 0 Å². The summed E-state index contributed by atoms with van der Waals surface area (Å²) < 4.78 is 5.52. The molecule has 0 saturated carbocycles. The highest BCUT2D eigenvalue weighted by molar-refractivity contribution is 5.88. The lowest BCUT2D eigenvalue weighted by molar-refractivity contribution is -0.122. The number of rotatable bonds is 10. The molecule has 1 aromatic carbocycles. The monoisotopic (exact) mass is 360 g/mol. The summed E-state index contributed by atoms with van der Waals surface area (Å²) in [7, 11) is 0. The van der Waals surface area contributed by atoms with Crippen LogP contribution < -0.4 is 11.1 Å². The van der Waals surface area contributed by atoms with E-state index in [1.807, 2.05) is 0 Å². The van der Waals surface area contributed by atoms with Gasteiger partial charge in [0.15, 0.2) is 0 Å². The van der Waals surface area contributed by atoms with Gasteiger partial charge in [0.05, 0.1) is 18.0 Å². The number of nitrogens with two attached hydrogens (primary N) is 1. The van der Waals surface area contributed by atoms with E-state index in [9.17, 15) is 9.59 Å². The number of aromatic carboxylic acids is 1. The van der Waals surface area contributed by atoms with Crippen LogP contribution in [0, 0.1) is 0 Å². The number of hydrogen-bond donors (Lipinski definition) is 3. The highest BCUT2D eigenvalue weighted by Gasteiger charge is 2.18. The minimum atomic E-state index is -1.01. The van der Waals surface area contributed by atoms with Gasteiger partial charge in [-0.3, -0.25) is 4.79 Å². The van der Waals surface area contributed by atoms with Crippen molar-refractivity contribution in [3.63, 3.8) is 0 Å². The standard InChI is InChI=1S/C18H24N4O4/c1-2-3-4-5-10-20-16(23)14(19)11-15-21-22-17(26-15)12-6-8-13(9-7-12)18(24)25/h6-9,14H,2-5,10-11,19H2,1H3,(H,20,23)(H,24,25). The van der Waals surface area contributed by atoms with Crippen molar-refractivity contribution in [2.45, 2.75) is 45.1 Å². The van der Waals surface area contributed by atoms with Gasteiger partial charge >= 0.3 is 5.97 Å². The maximum absolute atomic E-state index is 12.0. The van der Waals surface area contributed by atoms with Gasteiger partial charge in [-0.2, -0.15) is 0 Å². The van der Waals surface area contributed by atoms with Crippen LogP contribution in [-0.4, -0.2) is 39.8 Å². The fraction of sp³-hybridized carbons (Fsp3) is 0.444. The normalized spacial score (nSPS) is 11.9. The van der Waals surface area contributed by atoms with Crippen LogP contribution in [0.1, 0.15) is 48.9 Å². The van der Waals surface area contributed by atoms with Crippen molar-refractivity contribution in [1.29, 1.82) is 0 Å². The molecular weight excluding hydrogens is 336 g/mol. The molecule has 1 aromatic heterocycles. The zero-order valence-electron chi connectivity index (χ0n) is 14.8. The number of aromatic nitrogens is 2. The number of amides is 1. The Labute approximate surface area is 151 Å². The zero-order chi connectivity index (χ0) is 18.9. The second-order valence-corrected chi connectivity index (χ2v) is 6.05. The van der Waals surface area contributed by atoms with Crippen LogP contribution >= 0.6 is 0 Å². The molecule has 0 fully saturated rings. The van der Waals surface area contributed by atoms with Crippen molar-refractivity contribution in [1.82, 2.24) is 15.5 Å². The van der Waals surface area contributed by atoms with Crippen LogP contribution in [0.5, 0.6) is 0 Å². The number of carbonyl (C=O) groups excluding carboxylic acids is 1. The molecule has 2 rings (SSSR count). The molecule has 1 unspecified atom stereocenters. The number of hydrogen-bond acceptors (Lipinski definition) is 6. The first-order valence-electron chi connectivity index (χ1n) is 8.70. The van der Waals surface area contributed by atoms with Crippen molar-refractivity contribution in [3.05, 3.63) is 35.7 Å². The zero-order valence-corrected chi connectivity index (χ0v) is 14.8. The third kappa shape index (κ3) is 5.66. The smallest absolute Gasteiger partial charge is 0.335 e. The van der Waals surface area contributed by atoms with Gasteiger partial charge in [-0.05, 0) is 30.7 Å². The number of unbranched alkanes of at least 4 members (excludes halogenated alkanes) is 3. The van der Waals surface area contributed by atoms with Crippen LogP contribution in [-0.2, 0) is 11.2 Å². The predicted octanol–water partition coefficient (Wildman–Crippen LogP) is 2.00. The molecule has 26 heavy (non-hydrogen) atoms. The Morgan fingerprint density at radius 1 is 1.19 bits per heavy atom. The average molecular weight is 360 g/mol. The summed E-state index contributed by atoms with van der Waals surface area (Å²) in [6.07, 6.45) is 4.45. The van der Waals surface area contributed by atoms with E-state index in [0.717, 1.165) is 25.7 Å². The lowest BCUT2D eigenvalue weighted by Crippen LogP contribution is -2.42. The Kier molecular flexibility index (Phi) is 7.28. The van der Waals surface area contributed by atoms with E-state index in [1.165, 1.54) is 12.1 Å². The van der Waals surface area contributed by atoms with Gasteiger partial charge in [0, 0.05) is 12.1 Å². The summed E-state index contributed by atoms with van der Waals surface area (Å²) in [5.74, 6) is -0.735. The number of nitrogens with zero attached hydrogens (tertiary/aromatic N) is 2. The molecule has 0 bridgehead atoms. The minimum absolute atomic E-state index is 0.140. The molecule has 2 aromatic rings. The van der Waals surface area contributed by atoms with E-state index >= 15 is 0 Å². The summed E-state index contributed by atoms with van der Waals surface area (Å²) in [5, 5.41) is 19.5. The summed E-state index contributed by atoms with van der Waals surface area (Å²) >= 11 is 0. The summed E-state index contributed by atoms with van der Waals surface area (Å²) in [5.41, 5.74) is 6.66. The first kappa shape index (κ1) is 19.6. The van der Waals surface area contributed by atoms with Crippen molar-refractivity contribution in [2.75, 3.05) is 6.54 Å². The molecule has 1 heterocycles. The lowest BCUT2D eigenvalue weighted by Gasteiger charge is -2.10. The van der Waals surface area contributed by atoms with Crippen molar-refractivity contribution in [3.8, 4) is 11.5 Å². The minimum Gasteiger partial charge on any atom is -0.478 e. The van der Waals surface area contributed by atoms with Crippen LogP contribution in [0.4, 0.5) is 0 Å². The fourth-order valence-electron chi connectivity index (χ4n) is 2.38. The first-order valence-corrected chi connectivity index (χ1v) is 8.70. The van der Waals surface area contributed by atoms with E-state index in [4.69, 9.17) is 15.3 Å². The summed E-state index contributed by atoms with van der Waals surface area (Å²) in [6.45, 7) is 2.74. The maximum atomic E-state index is 12.0. The summed E-state index contributed by atoms with van der Waals surface area (Å²) in [4.78, 5) is 22.8. The van der Waals surface area contributed by atoms with Gasteiger partial charge in [-0.15, -0.1) is 10.2 Å². The Bertz CT molecular complexity index is 727. The van der Waals surface area contributed by atoms with Crippen LogP contribution in [0.2, 0.25) is 0 Å². The van der Waals surface area contributed by atoms with Gasteiger partial charge < -0.3 is 20.6 Å². The molecule has 0 aliphatic carbocycles. The SMILES string of the molecule is CCCCCCNC(=O)C(N)Cc1nnc(-c2ccc(C(=O)O)cc2)o1. The Morgan fingerprint density at radius 2 is 1.92 bits per heavy atom. The van der Waals surface area contributed by atoms with Gasteiger partial charge in [0.25, 0.3) is 0 Å². The second-order valence-electron chi connectivity index (χ2n) is 6.05. The molecule has 8 nitrogen and oxygen atoms in total. The largest absolute Gasteiger partial charge is 0.478 e. The highest BCUT2D eigenvalue weighted by atomic mass is 16.4. The first-order chi connectivity index (χ1) is 12.5.